The summed E-state index contributed by atoms with van der Waals surface area (Å²) in [5.74, 6) is 0.0654. The van der Waals surface area contributed by atoms with Gasteiger partial charge in [0.25, 0.3) is 0 Å². The van der Waals surface area contributed by atoms with Gasteiger partial charge in [0.05, 0.1) is 23.7 Å². The highest BCUT2D eigenvalue weighted by molar-refractivity contribution is 8.15. The zero-order chi connectivity index (χ0) is 19.7. The van der Waals surface area contributed by atoms with Crippen LogP contribution in [0.5, 0.6) is 0 Å². The number of nitrogens with one attached hydrogen (secondary N) is 1. The Morgan fingerprint density at radius 2 is 2.25 bits per heavy atom. The number of hydrogen-bond donors (Lipinski definition) is 1. The summed E-state index contributed by atoms with van der Waals surface area (Å²) in [7, 11) is -3.03. The monoisotopic (exact) mass is 443 g/mol. The topological polar surface area (TPSA) is 88.1 Å². The van der Waals surface area contributed by atoms with Gasteiger partial charge >= 0.3 is 0 Å². The van der Waals surface area contributed by atoms with Gasteiger partial charge in [-0.3, -0.25) is 9.79 Å². The van der Waals surface area contributed by atoms with E-state index >= 15 is 0 Å². The van der Waals surface area contributed by atoms with Crippen LogP contribution in [0.25, 0.3) is 0 Å². The Morgan fingerprint density at radius 3 is 2.96 bits per heavy atom. The Hall–Kier alpha value is -1.29. The first kappa shape index (κ1) is 20.0. The molecule has 0 bridgehead atoms. The first-order valence-corrected chi connectivity index (χ1v) is 12.3. The van der Waals surface area contributed by atoms with Crippen molar-refractivity contribution >= 4 is 50.0 Å². The number of fused-ring (bicyclic) bond motifs is 1. The van der Waals surface area contributed by atoms with Gasteiger partial charge in [-0.1, -0.05) is 29.4 Å². The second-order valence-electron chi connectivity index (χ2n) is 7.22. The van der Waals surface area contributed by atoms with Crippen LogP contribution in [0.15, 0.2) is 29.3 Å². The Labute approximate surface area is 173 Å². The lowest BCUT2D eigenvalue weighted by atomic mass is 10.2. The van der Waals surface area contributed by atoms with Crippen molar-refractivity contribution in [2.24, 2.45) is 4.99 Å². The van der Waals surface area contributed by atoms with Gasteiger partial charge in [0.15, 0.2) is 15.0 Å². The number of anilines is 1. The molecule has 4 rings (SSSR count). The number of thioether (sulfide) groups is 1. The van der Waals surface area contributed by atoms with Crippen LogP contribution < -0.4 is 10.2 Å². The van der Waals surface area contributed by atoms with E-state index < -0.39 is 9.84 Å². The molecular weight excluding hydrogens is 422 g/mol. The molecule has 3 aliphatic heterocycles. The van der Waals surface area contributed by atoms with Crippen LogP contribution in [0.3, 0.4) is 0 Å². The molecule has 3 atom stereocenters. The van der Waals surface area contributed by atoms with Gasteiger partial charge in [-0.2, -0.15) is 0 Å². The number of carbonyl (C=O) groups excluding carboxylic acids is 1. The van der Waals surface area contributed by atoms with Crippen LogP contribution in [-0.2, 0) is 19.4 Å². The van der Waals surface area contributed by atoms with Crippen LogP contribution in [-0.4, -0.2) is 68.1 Å². The zero-order valence-electron chi connectivity index (χ0n) is 15.2. The summed E-state index contributed by atoms with van der Waals surface area (Å²) in [6.07, 6.45) is 2.05. The van der Waals surface area contributed by atoms with Crippen LogP contribution in [0.2, 0.25) is 5.02 Å². The van der Waals surface area contributed by atoms with Crippen molar-refractivity contribution in [3.05, 3.63) is 29.3 Å². The van der Waals surface area contributed by atoms with Gasteiger partial charge in [-0.15, -0.1) is 0 Å². The predicted octanol–water partition coefficient (Wildman–Crippen LogP) is 1.71. The highest BCUT2D eigenvalue weighted by atomic mass is 35.5. The third kappa shape index (κ3) is 4.64. The van der Waals surface area contributed by atoms with E-state index in [4.69, 9.17) is 16.3 Å². The van der Waals surface area contributed by atoms with Gasteiger partial charge < -0.3 is 15.0 Å². The van der Waals surface area contributed by atoms with Crippen molar-refractivity contribution in [2.45, 2.75) is 30.2 Å². The minimum atomic E-state index is -3.03. The Balaban J connectivity index is 1.49. The molecule has 1 unspecified atom stereocenters. The van der Waals surface area contributed by atoms with E-state index in [1.54, 1.807) is 12.1 Å². The van der Waals surface area contributed by atoms with Crippen molar-refractivity contribution in [2.75, 3.05) is 36.1 Å². The lowest BCUT2D eigenvalue weighted by Gasteiger charge is -2.24. The molecule has 1 aromatic rings. The Bertz CT molecular complexity index is 887. The molecule has 152 valence electrons. The van der Waals surface area contributed by atoms with Crippen molar-refractivity contribution in [1.82, 2.24) is 5.32 Å². The fourth-order valence-electron chi connectivity index (χ4n) is 3.62. The molecule has 1 N–H and O–H groups in total. The van der Waals surface area contributed by atoms with Crippen molar-refractivity contribution in [1.29, 1.82) is 0 Å². The smallest absolute Gasteiger partial charge is 0.240 e. The second-order valence-corrected chi connectivity index (χ2v) is 11.0. The molecule has 10 heteroatoms. The van der Waals surface area contributed by atoms with Gasteiger partial charge in [0.2, 0.25) is 5.91 Å². The molecule has 3 aliphatic rings. The van der Waals surface area contributed by atoms with E-state index in [9.17, 15) is 13.2 Å². The third-order valence-electron chi connectivity index (χ3n) is 5.01. The number of carbonyl (C=O) groups is 1. The number of sulfone groups is 1. The number of amidine groups is 1. The molecule has 0 aliphatic carbocycles. The lowest BCUT2D eigenvalue weighted by Crippen LogP contribution is -2.42. The van der Waals surface area contributed by atoms with Crippen LogP contribution >= 0.6 is 23.4 Å². The van der Waals surface area contributed by atoms with E-state index in [2.05, 4.69) is 10.3 Å². The molecule has 0 saturated carbocycles. The Morgan fingerprint density at radius 1 is 1.39 bits per heavy atom. The first-order chi connectivity index (χ1) is 13.4. The molecule has 0 aromatic heterocycles. The lowest BCUT2D eigenvalue weighted by molar-refractivity contribution is -0.120. The van der Waals surface area contributed by atoms with Gasteiger partial charge in [-0.25, -0.2) is 8.42 Å². The Kier molecular flexibility index (Phi) is 5.87. The summed E-state index contributed by atoms with van der Waals surface area (Å²) in [5.41, 5.74) is 0.758. The largest absolute Gasteiger partial charge is 0.376 e. The number of amides is 1. The number of hydrogen-bond acceptors (Lipinski definition) is 7. The van der Waals surface area contributed by atoms with E-state index in [-0.39, 0.29) is 41.4 Å². The summed E-state index contributed by atoms with van der Waals surface area (Å²) in [6, 6.07) is 6.99. The van der Waals surface area contributed by atoms with Crippen LogP contribution in [0, 0.1) is 0 Å². The maximum Gasteiger partial charge on any atom is 0.240 e. The molecule has 1 aromatic carbocycles. The number of nitrogens with zero attached hydrogens (tertiary/aromatic N) is 2. The molecule has 28 heavy (non-hydrogen) atoms. The quantitative estimate of drug-likeness (QED) is 0.745. The van der Waals surface area contributed by atoms with E-state index in [0.717, 1.165) is 25.1 Å². The first-order valence-electron chi connectivity index (χ1n) is 9.26. The fourth-order valence-corrected chi connectivity index (χ4v) is 7.58. The minimum Gasteiger partial charge on any atom is -0.376 e. The molecule has 3 heterocycles. The van der Waals surface area contributed by atoms with E-state index in [1.165, 1.54) is 11.8 Å². The average Bonchev–Trinajstić information content (AvgIpc) is 3.32. The molecule has 7 nitrogen and oxygen atoms in total. The minimum absolute atomic E-state index is 0.0722. The van der Waals surface area contributed by atoms with Gasteiger partial charge in [-0.05, 0) is 31.0 Å². The van der Waals surface area contributed by atoms with Crippen molar-refractivity contribution in [3.63, 3.8) is 0 Å². The summed E-state index contributed by atoms with van der Waals surface area (Å²) < 4.78 is 29.2. The zero-order valence-corrected chi connectivity index (χ0v) is 17.6. The standard InChI is InChI=1S/C18H22ClN3O4S2/c19-12-3-1-4-13(7-12)22(9-17(23)20-8-14-5-2-6-26-14)18-21-15-10-28(24,25)11-16(15)27-18/h1,3-4,7,14-16H,2,5-6,8-11H2,(H,20,23)/t14?,15-,16+/m1/s1. The van der Waals surface area contributed by atoms with Gasteiger partial charge in [0.1, 0.15) is 6.54 Å². The maximum absolute atomic E-state index is 12.6. The maximum atomic E-state index is 12.6. The number of benzene rings is 1. The van der Waals surface area contributed by atoms with Crippen molar-refractivity contribution in [3.8, 4) is 0 Å². The summed E-state index contributed by atoms with van der Waals surface area (Å²) in [5, 5.41) is 4.07. The van der Waals surface area contributed by atoms with E-state index in [0.29, 0.717) is 16.7 Å². The molecule has 1 amide bonds. The van der Waals surface area contributed by atoms with E-state index in [1.807, 2.05) is 17.0 Å². The van der Waals surface area contributed by atoms with Crippen LogP contribution in [0.4, 0.5) is 5.69 Å². The fraction of sp³-hybridized carbons (Fsp3) is 0.556. The highest BCUT2D eigenvalue weighted by Crippen LogP contribution is 2.37. The number of halogens is 1. The molecule has 2 fully saturated rings. The van der Waals surface area contributed by atoms with Gasteiger partial charge in [0, 0.05) is 29.1 Å². The third-order valence-corrected chi connectivity index (χ3v) is 8.49. The molecule has 2 saturated heterocycles. The van der Waals surface area contributed by atoms with Crippen molar-refractivity contribution < 1.29 is 17.9 Å². The SMILES string of the molecule is O=C(CN(C1=N[C@@H]2CS(=O)(=O)C[C@@H]2S1)c1cccc(Cl)c1)NCC1CCCO1. The predicted molar refractivity (Wildman–Crippen MR) is 112 cm³/mol. The molecule has 0 spiro atoms. The molecular formula is C18H22ClN3O4S2. The van der Waals surface area contributed by atoms with Crippen LogP contribution in [0.1, 0.15) is 12.8 Å². The summed E-state index contributed by atoms with van der Waals surface area (Å²) in [6.45, 7) is 1.32. The second kappa shape index (κ2) is 8.22. The number of aliphatic imine (C=N–C) groups is 1. The number of ether oxygens (including phenoxy) is 1. The summed E-state index contributed by atoms with van der Waals surface area (Å²) >= 11 is 7.57. The molecule has 0 radical (unpaired) electrons. The number of rotatable bonds is 5. The highest BCUT2D eigenvalue weighted by Gasteiger charge is 2.44. The average molecular weight is 444 g/mol. The normalized spacial score (nSPS) is 28.0. The summed E-state index contributed by atoms with van der Waals surface area (Å²) in [4.78, 5) is 19.0.